The molecule has 0 radical (unpaired) electrons. The highest BCUT2D eigenvalue weighted by Crippen LogP contribution is 2.23. The van der Waals surface area contributed by atoms with Gasteiger partial charge in [-0.2, -0.15) is 0 Å². The van der Waals surface area contributed by atoms with E-state index in [-0.39, 0.29) is 0 Å². The molecule has 1 nitrogen and oxygen atoms in total. The molecule has 0 saturated heterocycles. The zero-order valence-electron chi connectivity index (χ0n) is 18.4. The molecule has 0 aliphatic rings. The molecule has 3 unspecified atom stereocenters. The van der Waals surface area contributed by atoms with E-state index in [2.05, 4.69) is 34.6 Å². The number of Topliss-reactive ketones (excluding diaryl/α,β-unsaturated/α-hetero) is 1. The lowest BCUT2D eigenvalue weighted by molar-refractivity contribution is -0.118. The Balaban J connectivity index is 3.54. The van der Waals surface area contributed by atoms with Gasteiger partial charge in [0.1, 0.15) is 5.78 Å². The minimum atomic E-state index is 0.430. The third-order valence-corrected chi connectivity index (χ3v) is 5.81. The van der Waals surface area contributed by atoms with Crippen molar-refractivity contribution in [2.24, 2.45) is 23.7 Å². The Morgan fingerprint density at radius 1 is 0.600 bits per heavy atom. The Morgan fingerprint density at radius 3 is 1.32 bits per heavy atom. The van der Waals surface area contributed by atoms with Gasteiger partial charge in [-0.3, -0.25) is 4.79 Å². The van der Waals surface area contributed by atoms with Gasteiger partial charge in [0.05, 0.1) is 0 Å². The Morgan fingerprint density at radius 2 is 0.960 bits per heavy atom. The summed E-state index contributed by atoms with van der Waals surface area (Å²) >= 11 is 0. The van der Waals surface area contributed by atoms with E-state index in [1.807, 2.05) is 6.92 Å². The van der Waals surface area contributed by atoms with Crippen LogP contribution in [0, 0.1) is 23.7 Å². The van der Waals surface area contributed by atoms with E-state index in [0.29, 0.717) is 12.2 Å². The number of hydrogen-bond acceptors (Lipinski definition) is 1. The van der Waals surface area contributed by atoms with E-state index in [0.717, 1.165) is 36.5 Å². The van der Waals surface area contributed by atoms with E-state index in [4.69, 9.17) is 0 Å². The van der Waals surface area contributed by atoms with Crippen molar-refractivity contribution in [3.8, 4) is 0 Å². The van der Waals surface area contributed by atoms with E-state index < -0.39 is 0 Å². The molecule has 0 amide bonds. The number of carbonyl (C=O) groups is 1. The second-order valence-electron chi connectivity index (χ2n) is 9.29. The summed E-state index contributed by atoms with van der Waals surface area (Å²) in [5, 5.41) is 0. The van der Waals surface area contributed by atoms with Crippen LogP contribution in [0.1, 0.15) is 125 Å². The first-order valence-electron chi connectivity index (χ1n) is 11.4. The van der Waals surface area contributed by atoms with Crippen LogP contribution < -0.4 is 0 Å². The maximum absolute atomic E-state index is 11.3. The Kier molecular flexibility index (Phi) is 15.7. The zero-order valence-corrected chi connectivity index (χ0v) is 18.4. The maximum Gasteiger partial charge on any atom is 0.132 e. The molecule has 0 rings (SSSR count). The van der Waals surface area contributed by atoms with Crippen molar-refractivity contribution in [2.45, 2.75) is 125 Å². The third-order valence-electron chi connectivity index (χ3n) is 5.81. The average molecular weight is 353 g/mol. The van der Waals surface area contributed by atoms with Gasteiger partial charge in [-0.25, -0.2) is 0 Å². The van der Waals surface area contributed by atoms with E-state index in [1.165, 1.54) is 64.2 Å². The van der Waals surface area contributed by atoms with Gasteiger partial charge in [-0.05, 0) is 30.1 Å². The molecule has 0 aromatic rings. The van der Waals surface area contributed by atoms with Crippen LogP contribution in [0.25, 0.3) is 0 Å². The lowest BCUT2D eigenvalue weighted by atomic mass is 9.90. The number of ketones is 1. The van der Waals surface area contributed by atoms with Crippen molar-refractivity contribution in [2.75, 3.05) is 0 Å². The molecule has 0 fully saturated rings. The van der Waals surface area contributed by atoms with Gasteiger partial charge < -0.3 is 0 Å². The molecule has 0 spiro atoms. The molecule has 0 bridgehead atoms. The van der Waals surface area contributed by atoms with Crippen LogP contribution in [0.15, 0.2) is 0 Å². The van der Waals surface area contributed by atoms with Gasteiger partial charge in [-0.15, -0.1) is 0 Å². The summed E-state index contributed by atoms with van der Waals surface area (Å²) in [7, 11) is 0. The van der Waals surface area contributed by atoms with Crippen molar-refractivity contribution < 1.29 is 4.79 Å². The molecule has 150 valence electrons. The summed E-state index contributed by atoms with van der Waals surface area (Å²) in [6.45, 7) is 13.9. The number of carbonyl (C=O) groups excluding carboxylic acids is 1. The van der Waals surface area contributed by atoms with Crippen molar-refractivity contribution in [1.29, 1.82) is 0 Å². The molecule has 1 heteroatoms. The summed E-state index contributed by atoms with van der Waals surface area (Å²) in [5.74, 6) is 3.88. The summed E-state index contributed by atoms with van der Waals surface area (Å²) in [4.78, 5) is 11.3. The van der Waals surface area contributed by atoms with Crippen LogP contribution in [0.5, 0.6) is 0 Å². The second-order valence-corrected chi connectivity index (χ2v) is 9.29. The lowest BCUT2D eigenvalue weighted by Gasteiger charge is -2.16. The quantitative estimate of drug-likeness (QED) is 0.258. The fraction of sp³-hybridized carbons (Fsp3) is 0.958. The minimum Gasteiger partial charge on any atom is -0.300 e. The predicted molar refractivity (Wildman–Crippen MR) is 113 cm³/mol. The summed E-state index contributed by atoms with van der Waals surface area (Å²) in [5.41, 5.74) is 0. The highest BCUT2D eigenvalue weighted by atomic mass is 16.1. The minimum absolute atomic E-state index is 0.430. The van der Waals surface area contributed by atoms with Crippen LogP contribution >= 0.6 is 0 Å². The van der Waals surface area contributed by atoms with Crippen LogP contribution in [-0.4, -0.2) is 5.78 Å². The molecule has 0 aliphatic carbocycles. The van der Waals surface area contributed by atoms with Crippen LogP contribution in [-0.2, 0) is 4.79 Å². The fourth-order valence-corrected chi connectivity index (χ4v) is 3.76. The molecule has 0 saturated carbocycles. The number of rotatable bonds is 17. The molecular formula is C24H48O. The first-order chi connectivity index (χ1) is 11.8. The normalized spacial score (nSPS) is 15.3. The Bertz CT molecular complexity index is 307. The van der Waals surface area contributed by atoms with Crippen molar-refractivity contribution in [3.05, 3.63) is 0 Å². The Hall–Kier alpha value is -0.330. The highest BCUT2D eigenvalue weighted by molar-refractivity contribution is 5.77. The molecule has 0 N–H and O–H groups in total. The first kappa shape index (κ1) is 24.7. The van der Waals surface area contributed by atoms with Crippen molar-refractivity contribution >= 4 is 5.78 Å². The second kappa shape index (κ2) is 15.9. The molecule has 0 heterocycles. The molecule has 0 aromatic carbocycles. The highest BCUT2D eigenvalue weighted by Gasteiger charge is 2.08. The zero-order chi connectivity index (χ0) is 19.1. The smallest absolute Gasteiger partial charge is 0.132 e. The van der Waals surface area contributed by atoms with E-state index in [1.54, 1.807) is 0 Å². The van der Waals surface area contributed by atoms with Gasteiger partial charge in [0.15, 0.2) is 0 Å². The van der Waals surface area contributed by atoms with Gasteiger partial charge in [0, 0.05) is 12.8 Å². The Labute approximate surface area is 159 Å². The summed E-state index contributed by atoms with van der Waals surface area (Å²) < 4.78 is 0. The largest absolute Gasteiger partial charge is 0.300 e. The van der Waals surface area contributed by atoms with Crippen LogP contribution in [0.4, 0.5) is 0 Å². The average Bonchev–Trinajstić information content (AvgIpc) is 2.54. The summed E-state index contributed by atoms with van der Waals surface area (Å²) in [6.07, 6.45) is 16.4. The SMILES string of the molecule is CCC(=O)CCCC(C)CCCC(C)CCCC(C)CCCC(C)C. The molecule has 25 heavy (non-hydrogen) atoms. The predicted octanol–water partition coefficient (Wildman–Crippen LogP) is 8.21. The van der Waals surface area contributed by atoms with Gasteiger partial charge in [-0.1, -0.05) is 106 Å². The van der Waals surface area contributed by atoms with E-state index >= 15 is 0 Å². The van der Waals surface area contributed by atoms with Gasteiger partial charge in [0.25, 0.3) is 0 Å². The van der Waals surface area contributed by atoms with E-state index in [9.17, 15) is 4.79 Å². The monoisotopic (exact) mass is 352 g/mol. The lowest BCUT2D eigenvalue weighted by Crippen LogP contribution is -2.02. The van der Waals surface area contributed by atoms with Crippen LogP contribution in [0.2, 0.25) is 0 Å². The first-order valence-corrected chi connectivity index (χ1v) is 11.4. The topological polar surface area (TPSA) is 17.1 Å². The van der Waals surface area contributed by atoms with Gasteiger partial charge in [0.2, 0.25) is 0 Å². The standard InChI is InChI=1S/C24H48O/c1-7-24(25)19-11-18-23(6)17-10-16-22(5)15-9-14-21(4)13-8-12-20(2)3/h20-23H,7-19H2,1-6H3. The fourth-order valence-electron chi connectivity index (χ4n) is 3.76. The third kappa shape index (κ3) is 16.9. The molecule has 0 aliphatic heterocycles. The number of hydrogen-bond donors (Lipinski definition) is 0. The molecule has 3 atom stereocenters. The van der Waals surface area contributed by atoms with Crippen molar-refractivity contribution in [1.82, 2.24) is 0 Å². The van der Waals surface area contributed by atoms with Crippen LogP contribution in [0.3, 0.4) is 0 Å². The molecular weight excluding hydrogens is 304 g/mol. The maximum atomic E-state index is 11.3. The van der Waals surface area contributed by atoms with Crippen molar-refractivity contribution in [3.63, 3.8) is 0 Å². The van der Waals surface area contributed by atoms with Gasteiger partial charge >= 0.3 is 0 Å². The summed E-state index contributed by atoms with van der Waals surface area (Å²) in [6, 6.07) is 0. The molecule has 0 aromatic heterocycles.